The zero-order valence-corrected chi connectivity index (χ0v) is 22.5. The van der Waals surface area contributed by atoms with Gasteiger partial charge in [0, 0.05) is 6.08 Å². The molecule has 0 aliphatic rings. The van der Waals surface area contributed by atoms with Crippen molar-refractivity contribution in [3.05, 3.63) is 12.7 Å². The Bertz CT molecular complexity index is 478. The number of carbonyl (C=O) groups is 1. The van der Waals surface area contributed by atoms with E-state index in [-0.39, 0.29) is 5.73 Å². The summed E-state index contributed by atoms with van der Waals surface area (Å²) in [4.78, 5) is 11.6. The molecule has 1 atom stereocenters. The van der Waals surface area contributed by atoms with E-state index in [0.717, 1.165) is 18.9 Å². The molecule has 0 radical (unpaired) electrons. The van der Waals surface area contributed by atoms with Crippen molar-refractivity contribution in [3.63, 3.8) is 0 Å². The molecule has 0 saturated heterocycles. The minimum absolute atomic E-state index is 0.222. The summed E-state index contributed by atoms with van der Waals surface area (Å²) in [6, 6.07) is 1.13. The van der Waals surface area contributed by atoms with Crippen molar-refractivity contribution < 1.29 is 21.9 Å². The monoisotopic (exact) mass is 436 g/mol. The molecule has 5 nitrogen and oxygen atoms in total. The summed E-state index contributed by atoms with van der Waals surface area (Å²) in [5.74, 6) is -0.397. The van der Waals surface area contributed by atoms with Gasteiger partial charge in [0.2, 0.25) is 8.32 Å². The van der Waals surface area contributed by atoms with Gasteiger partial charge in [0.1, 0.15) is 5.73 Å². The van der Waals surface area contributed by atoms with Crippen LogP contribution in [0.2, 0.25) is 58.4 Å². The molecular formula is C17H40O5Si4. The first-order valence-electron chi connectivity index (χ1n) is 9.53. The first-order chi connectivity index (χ1) is 11.6. The van der Waals surface area contributed by atoms with Gasteiger partial charge in [0.15, 0.2) is 8.32 Å². The Labute approximate surface area is 165 Å². The standard InChI is InChI=1S/C17H40O5Si4/c1-12-15-23(4,5)20-25(8,9)22-26(10,11)21-24(6,7)17(14-3)19-16(18)13-2/h13,17H,2,12,14-15H2,1,3-11H3. The highest BCUT2D eigenvalue weighted by molar-refractivity contribution is 6.89. The van der Waals surface area contributed by atoms with Gasteiger partial charge in [-0.15, -0.1) is 0 Å². The maximum Gasteiger partial charge on any atom is 0.330 e. The quantitative estimate of drug-likeness (QED) is 0.236. The first-order valence-corrected chi connectivity index (χ1v) is 21.3. The van der Waals surface area contributed by atoms with Crippen LogP contribution in [0.1, 0.15) is 26.7 Å². The molecule has 0 amide bonds. The van der Waals surface area contributed by atoms with Crippen LogP contribution in [0.4, 0.5) is 0 Å². The van der Waals surface area contributed by atoms with Crippen molar-refractivity contribution in [2.45, 2.75) is 90.8 Å². The second-order valence-corrected chi connectivity index (χ2v) is 24.7. The predicted octanol–water partition coefficient (Wildman–Crippen LogP) is 5.31. The number of esters is 1. The van der Waals surface area contributed by atoms with Crippen LogP contribution in [0.15, 0.2) is 12.7 Å². The second kappa shape index (κ2) is 9.94. The van der Waals surface area contributed by atoms with Crippen LogP contribution >= 0.6 is 0 Å². The fraction of sp³-hybridized carbons (Fsp3) is 0.824. The molecule has 0 bridgehead atoms. The third-order valence-corrected chi connectivity index (χ3v) is 19.9. The van der Waals surface area contributed by atoms with Gasteiger partial charge in [-0.25, -0.2) is 4.79 Å². The summed E-state index contributed by atoms with van der Waals surface area (Å²) < 4.78 is 25.1. The molecule has 0 saturated carbocycles. The van der Waals surface area contributed by atoms with Crippen LogP contribution in [0.3, 0.4) is 0 Å². The zero-order chi connectivity index (χ0) is 20.8. The van der Waals surface area contributed by atoms with Gasteiger partial charge >= 0.3 is 23.1 Å². The number of hydrogen-bond donors (Lipinski definition) is 0. The summed E-state index contributed by atoms with van der Waals surface area (Å²) in [5, 5.41) is 0. The molecule has 154 valence electrons. The molecule has 0 N–H and O–H groups in total. The average Bonchev–Trinajstić information content (AvgIpc) is 2.39. The molecule has 0 aromatic carbocycles. The molecule has 9 heteroatoms. The molecule has 0 heterocycles. The minimum atomic E-state index is -2.43. The summed E-state index contributed by atoms with van der Waals surface area (Å²) in [5.41, 5.74) is -0.222. The smallest absolute Gasteiger partial charge is 0.330 e. The first kappa shape index (κ1) is 26.0. The summed E-state index contributed by atoms with van der Waals surface area (Å²) in [6.45, 7) is 24.7. The lowest BCUT2D eigenvalue weighted by atomic mass is 10.5. The van der Waals surface area contributed by atoms with Gasteiger partial charge in [-0.3, -0.25) is 0 Å². The Kier molecular flexibility index (Phi) is 9.93. The highest BCUT2D eigenvalue weighted by Crippen LogP contribution is 2.28. The van der Waals surface area contributed by atoms with Crippen LogP contribution in [-0.4, -0.2) is 45.5 Å². The van der Waals surface area contributed by atoms with Crippen molar-refractivity contribution in [3.8, 4) is 0 Å². The Balaban J connectivity index is 5.13. The maximum atomic E-state index is 11.6. The fourth-order valence-electron chi connectivity index (χ4n) is 3.56. The molecule has 1 unspecified atom stereocenters. The number of rotatable bonds is 12. The Morgan fingerprint density at radius 3 is 1.85 bits per heavy atom. The van der Waals surface area contributed by atoms with Crippen LogP contribution in [-0.2, 0) is 21.9 Å². The lowest BCUT2D eigenvalue weighted by Gasteiger charge is -2.42. The van der Waals surface area contributed by atoms with Crippen molar-refractivity contribution >= 4 is 39.7 Å². The maximum absolute atomic E-state index is 11.6. The van der Waals surface area contributed by atoms with E-state index in [1.807, 2.05) is 6.92 Å². The van der Waals surface area contributed by atoms with Gasteiger partial charge in [-0.05, 0) is 64.8 Å². The third-order valence-electron chi connectivity index (χ3n) is 3.95. The van der Waals surface area contributed by atoms with E-state index < -0.39 is 39.7 Å². The molecular weight excluding hydrogens is 397 g/mol. The highest BCUT2D eigenvalue weighted by Gasteiger charge is 2.46. The van der Waals surface area contributed by atoms with Crippen LogP contribution < -0.4 is 0 Å². The SMILES string of the molecule is C=CC(=O)OC(CC)[Si](C)(C)O[Si](C)(C)O[Si](C)(C)O[Si](C)(C)CCC. The van der Waals surface area contributed by atoms with Crippen LogP contribution in [0, 0.1) is 0 Å². The van der Waals surface area contributed by atoms with Gasteiger partial charge in [-0.2, -0.15) is 0 Å². The Hall–Kier alpha value is -0.0425. The number of carbonyl (C=O) groups excluding carboxylic acids is 1. The lowest BCUT2D eigenvalue weighted by molar-refractivity contribution is -0.140. The van der Waals surface area contributed by atoms with Crippen molar-refractivity contribution in [2.24, 2.45) is 0 Å². The van der Waals surface area contributed by atoms with Crippen molar-refractivity contribution in [2.75, 3.05) is 0 Å². The molecule has 0 spiro atoms. The second-order valence-electron chi connectivity index (χ2n) is 8.76. The van der Waals surface area contributed by atoms with E-state index in [4.69, 9.17) is 17.1 Å². The van der Waals surface area contributed by atoms with Gasteiger partial charge in [0.05, 0.1) is 0 Å². The lowest BCUT2D eigenvalue weighted by Crippen LogP contribution is -2.59. The third kappa shape index (κ3) is 9.77. The molecule has 0 fully saturated rings. The van der Waals surface area contributed by atoms with Gasteiger partial charge in [0.25, 0.3) is 0 Å². The van der Waals surface area contributed by atoms with E-state index >= 15 is 0 Å². The molecule has 0 rings (SSSR count). The van der Waals surface area contributed by atoms with Gasteiger partial charge in [-0.1, -0.05) is 26.8 Å². The van der Waals surface area contributed by atoms with E-state index in [1.165, 1.54) is 6.08 Å². The number of hydrogen-bond acceptors (Lipinski definition) is 5. The van der Waals surface area contributed by atoms with E-state index in [2.05, 4.69) is 65.9 Å². The Morgan fingerprint density at radius 1 is 0.923 bits per heavy atom. The fourth-order valence-corrected chi connectivity index (χ4v) is 23.3. The summed E-state index contributed by atoms with van der Waals surface area (Å²) >= 11 is 0. The zero-order valence-electron chi connectivity index (χ0n) is 18.5. The topological polar surface area (TPSA) is 54.0 Å². The molecule has 0 aromatic heterocycles. The minimum Gasteiger partial charge on any atom is -0.460 e. The van der Waals surface area contributed by atoms with E-state index in [0.29, 0.717) is 0 Å². The van der Waals surface area contributed by atoms with E-state index in [1.54, 1.807) is 0 Å². The van der Waals surface area contributed by atoms with Crippen molar-refractivity contribution in [1.82, 2.24) is 0 Å². The highest BCUT2D eigenvalue weighted by atomic mass is 28.5. The van der Waals surface area contributed by atoms with Crippen molar-refractivity contribution in [1.29, 1.82) is 0 Å². The predicted molar refractivity (Wildman–Crippen MR) is 119 cm³/mol. The normalized spacial score (nSPS) is 14.8. The molecule has 0 aliphatic carbocycles. The van der Waals surface area contributed by atoms with Crippen LogP contribution in [0.5, 0.6) is 0 Å². The molecule has 0 aliphatic heterocycles. The molecule has 0 aromatic rings. The molecule has 26 heavy (non-hydrogen) atoms. The Morgan fingerprint density at radius 2 is 1.42 bits per heavy atom. The van der Waals surface area contributed by atoms with Crippen LogP contribution in [0.25, 0.3) is 0 Å². The average molecular weight is 437 g/mol. The largest absolute Gasteiger partial charge is 0.460 e. The number of ether oxygens (including phenoxy) is 1. The van der Waals surface area contributed by atoms with Gasteiger partial charge < -0.3 is 17.1 Å². The summed E-state index contributed by atoms with van der Waals surface area (Å²) in [7, 11) is -8.75. The summed E-state index contributed by atoms with van der Waals surface area (Å²) in [6.07, 6.45) is 3.06. The van der Waals surface area contributed by atoms with E-state index in [9.17, 15) is 4.79 Å².